The van der Waals surface area contributed by atoms with Crippen LogP contribution in [0.4, 0.5) is 4.39 Å². The van der Waals surface area contributed by atoms with Crippen LogP contribution in [-0.4, -0.2) is 15.5 Å². The molecule has 0 saturated heterocycles. The van der Waals surface area contributed by atoms with Crippen molar-refractivity contribution in [3.63, 3.8) is 0 Å². The van der Waals surface area contributed by atoms with Gasteiger partial charge in [-0.25, -0.2) is 12.8 Å². The minimum absolute atomic E-state index is 0.102. The molecule has 72 valence electrons. The molecule has 1 rings (SSSR count). The molecule has 0 aliphatic carbocycles. The number of methoxy groups -OCH3 is 1. The lowest BCUT2D eigenvalue weighted by Crippen LogP contribution is -1.96. The third kappa shape index (κ3) is 2.32. The molecule has 1 aromatic rings. The van der Waals surface area contributed by atoms with Crippen LogP contribution in [0.1, 0.15) is 0 Å². The maximum absolute atomic E-state index is 12.6. The highest BCUT2D eigenvalue weighted by atomic mass is 35.7. The summed E-state index contributed by atoms with van der Waals surface area (Å²) in [6.45, 7) is 0. The fourth-order valence-electron chi connectivity index (χ4n) is 0.843. The van der Waals surface area contributed by atoms with E-state index in [1.165, 1.54) is 7.11 Å². The number of hydrogen-bond donors (Lipinski definition) is 0. The molecule has 0 unspecified atom stereocenters. The van der Waals surface area contributed by atoms with Gasteiger partial charge in [0, 0.05) is 16.7 Å². The molecule has 0 aliphatic heterocycles. The second-order valence-corrected chi connectivity index (χ2v) is 4.77. The molecule has 0 N–H and O–H groups in total. The molecule has 3 nitrogen and oxygen atoms in total. The van der Waals surface area contributed by atoms with Crippen molar-refractivity contribution in [2.24, 2.45) is 0 Å². The minimum atomic E-state index is -3.88. The molecule has 6 heteroatoms. The molecule has 0 spiro atoms. The summed E-state index contributed by atoms with van der Waals surface area (Å²) >= 11 is 0. The topological polar surface area (TPSA) is 43.4 Å². The molecule has 0 fully saturated rings. The van der Waals surface area contributed by atoms with Crippen LogP contribution in [0.25, 0.3) is 0 Å². The van der Waals surface area contributed by atoms with Gasteiger partial charge in [-0.15, -0.1) is 0 Å². The van der Waals surface area contributed by atoms with Gasteiger partial charge in [0.2, 0.25) is 0 Å². The van der Waals surface area contributed by atoms with Gasteiger partial charge in [0.05, 0.1) is 7.11 Å². The van der Waals surface area contributed by atoms with E-state index in [0.717, 1.165) is 18.2 Å². The average molecular weight is 225 g/mol. The van der Waals surface area contributed by atoms with Gasteiger partial charge in [-0.2, -0.15) is 0 Å². The van der Waals surface area contributed by atoms with Crippen molar-refractivity contribution in [3.05, 3.63) is 24.0 Å². The van der Waals surface area contributed by atoms with E-state index in [4.69, 9.17) is 10.7 Å². The molecule has 0 radical (unpaired) electrons. The van der Waals surface area contributed by atoms with Gasteiger partial charge in [0.25, 0.3) is 9.05 Å². The van der Waals surface area contributed by atoms with Crippen LogP contribution in [0.2, 0.25) is 0 Å². The Morgan fingerprint density at radius 1 is 1.46 bits per heavy atom. The number of benzene rings is 1. The summed E-state index contributed by atoms with van der Waals surface area (Å²) in [6, 6.07) is 3.00. The molecule has 1 aromatic carbocycles. The molecule has 0 aromatic heterocycles. The number of rotatable bonds is 2. The second kappa shape index (κ2) is 3.51. The first-order valence-corrected chi connectivity index (χ1v) is 5.54. The van der Waals surface area contributed by atoms with E-state index in [2.05, 4.69) is 4.74 Å². The third-order valence-corrected chi connectivity index (χ3v) is 2.75. The van der Waals surface area contributed by atoms with Gasteiger partial charge < -0.3 is 4.74 Å². The highest BCUT2D eigenvalue weighted by Crippen LogP contribution is 2.26. The first-order valence-electron chi connectivity index (χ1n) is 3.23. The predicted octanol–water partition coefficient (Wildman–Crippen LogP) is 1.76. The van der Waals surface area contributed by atoms with Gasteiger partial charge in [0.15, 0.2) is 0 Å². The summed E-state index contributed by atoms with van der Waals surface area (Å²) in [7, 11) is 2.42. The van der Waals surface area contributed by atoms with Crippen LogP contribution >= 0.6 is 10.7 Å². The first-order chi connectivity index (χ1) is 5.95. The van der Waals surface area contributed by atoms with Crippen molar-refractivity contribution in [1.29, 1.82) is 0 Å². The van der Waals surface area contributed by atoms with E-state index >= 15 is 0 Å². The summed E-state index contributed by atoms with van der Waals surface area (Å²) in [5.74, 6) is -0.684. The summed E-state index contributed by atoms with van der Waals surface area (Å²) in [6.07, 6.45) is 0. The van der Waals surface area contributed by atoms with E-state index in [9.17, 15) is 12.8 Å². The molecule has 0 atom stereocenters. The van der Waals surface area contributed by atoms with Crippen LogP contribution in [0.15, 0.2) is 23.1 Å². The van der Waals surface area contributed by atoms with Crippen molar-refractivity contribution >= 4 is 19.7 Å². The zero-order valence-electron chi connectivity index (χ0n) is 6.62. The maximum atomic E-state index is 12.6. The quantitative estimate of drug-likeness (QED) is 0.719. The summed E-state index contributed by atoms with van der Waals surface area (Å²) in [5, 5.41) is 0. The number of hydrogen-bond acceptors (Lipinski definition) is 3. The van der Waals surface area contributed by atoms with Crippen LogP contribution in [-0.2, 0) is 9.05 Å². The van der Waals surface area contributed by atoms with Crippen LogP contribution in [0, 0.1) is 5.82 Å². The molecule has 0 saturated carbocycles. The lowest BCUT2D eigenvalue weighted by molar-refractivity contribution is 0.399. The van der Waals surface area contributed by atoms with Gasteiger partial charge in [-0.3, -0.25) is 0 Å². The van der Waals surface area contributed by atoms with Crippen molar-refractivity contribution in [1.82, 2.24) is 0 Å². The largest absolute Gasteiger partial charge is 0.495 e. The van der Waals surface area contributed by atoms with E-state index < -0.39 is 14.9 Å². The van der Waals surface area contributed by atoms with Gasteiger partial charge in [0.1, 0.15) is 16.5 Å². The highest BCUT2D eigenvalue weighted by Gasteiger charge is 2.16. The molecule has 13 heavy (non-hydrogen) atoms. The summed E-state index contributed by atoms with van der Waals surface area (Å²) in [4.78, 5) is -0.238. The Balaban J connectivity index is 3.39. The lowest BCUT2D eigenvalue weighted by atomic mass is 10.3. The predicted molar refractivity (Wildman–Crippen MR) is 46.0 cm³/mol. The lowest BCUT2D eigenvalue weighted by Gasteiger charge is -2.04. The van der Waals surface area contributed by atoms with Crippen molar-refractivity contribution in [2.75, 3.05) is 7.11 Å². The molecule has 0 amide bonds. The van der Waals surface area contributed by atoms with Crippen molar-refractivity contribution in [3.8, 4) is 5.75 Å². The van der Waals surface area contributed by atoms with Crippen molar-refractivity contribution in [2.45, 2.75) is 4.90 Å². The number of halogens is 2. The Hall–Kier alpha value is -0.810. The van der Waals surface area contributed by atoms with Crippen molar-refractivity contribution < 1.29 is 17.5 Å². The van der Waals surface area contributed by atoms with Crippen LogP contribution < -0.4 is 4.74 Å². The minimum Gasteiger partial charge on any atom is -0.495 e. The third-order valence-electron chi connectivity index (χ3n) is 1.39. The molecule has 0 heterocycles. The average Bonchev–Trinajstić information content (AvgIpc) is 2.01. The van der Waals surface area contributed by atoms with Gasteiger partial charge in [-0.05, 0) is 12.1 Å². The normalized spacial score (nSPS) is 11.3. The van der Waals surface area contributed by atoms with Gasteiger partial charge in [-0.1, -0.05) is 0 Å². The summed E-state index contributed by atoms with van der Waals surface area (Å²) in [5.41, 5.74) is 0. The molecule has 0 aliphatic rings. The fourth-order valence-corrected chi connectivity index (χ4v) is 1.84. The molecule has 0 bridgehead atoms. The van der Waals surface area contributed by atoms with Crippen LogP contribution in [0.5, 0.6) is 5.75 Å². The first kappa shape index (κ1) is 10.3. The Morgan fingerprint density at radius 2 is 2.08 bits per heavy atom. The smallest absolute Gasteiger partial charge is 0.264 e. The zero-order valence-corrected chi connectivity index (χ0v) is 8.19. The highest BCUT2D eigenvalue weighted by molar-refractivity contribution is 8.13. The SMILES string of the molecule is COc1cc(F)ccc1S(=O)(=O)Cl. The Labute approximate surface area is 79.5 Å². The zero-order chi connectivity index (χ0) is 10.1. The van der Waals surface area contributed by atoms with Crippen LogP contribution in [0.3, 0.4) is 0 Å². The van der Waals surface area contributed by atoms with E-state index in [1.807, 2.05) is 0 Å². The molecular formula is C7H6ClFO3S. The standard InChI is InChI=1S/C7H6ClFO3S/c1-12-6-4-5(9)2-3-7(6)13(8,10)11/h2-4H,1H3. The fraction of sp³-hybridized carbons (Fsp3) is 0.143. The Bertz CT molecular complexity index is 416. The molecular weight excluding hydrogens is 219 g/mol. The van der Waals surface area contributed by atoms with E-state index in [1.54, 1.807) is 0 Å². The van der Waals surface area contributed by atoms with Gasteiger partial charge >= 0.3 is 0 Å². The van der Waals surface area contributed by atoms with E-state index in [0.29, 0.717) is 0 Å². The Morgan fingerprint density at radius 3 is 2.54 bits per heavy atom. The maximum Gasteiger partial charge on any atom is 0.264 e. The Kier molecular flexibility index (Phi) is 2.77. The second-order valence-electron chi connectivity index (χ2n) is 2.23. The monoisotopic (exact) mass is 224 g/mol. The summed E-state index contributed by atoms with van der Waals surface area (Å²) < 4.78 is 39.0. The van der Waals surface area contributed by atoms with E-state index in [-0.39, 0.29) is 10.6 Å². The number of ether oxygens (including phenoxy) is 1.